The Balaban J connectivity index is 1.17. The quantitative estimate of drug-likeness (QED) is 0.398. The molecule has 3 aliphatic rings. The third-order valence-corrected chi connectivity index (χ3v) is 8.55. The molecule has 0 atom stereocenters. The van der Waals surface area contributed by atoms with Gasteiger partial charge in [-0.25, -0.2) is 15.0 Å². The van der Waals surface area contributed by atoms with Crippen LogP contribution in [-0.4, -0.2) is 42.4 Å². The first-order chi connectivity index (χ1) is 17.7. The van der Waals surface area contributed by atoms with Gasteiger partial charge in [-0.3, -0.25) is 0 Å². The van der Waals surface area contributed by atoms with Crippen molar-refractivity contribution < 1.29 is 9.47 Å². The van der Waals surface area contributed by atoms with Crippen molar-refractivity contribution in [1.29, 1.82) is 0 Å². The first kappa shape index (κ1) is 21.9. The van der Waals surface area contributed by atoms with E-state index in [1.165, 1.54) is 0 Å². The Morgan fingerprint density at radius 1 is 1.06 bits per heavy atom. The van der Waals surface area contributed by atoms with E-state index < -0.39 is 0 Å². The molecule has 7 rings (SSSR count). The van der Waals surface area contributed by atoms with Crippen LogP contribution >= 0.6 is 0 Å². The lowest BCUT2D eigenvalue weighted by atomic mass is 9.89. The van der Waals surface area contributed by atoms with Crippen molar-refractivity contribution in [1.82, 2.24) is 24.1 Å². The lowest BCUT2D eigenvalue weighted by molar-refractivity contribution is -0.0198. The second kappa shape index (κ2) is 8.62. The lowest BCUT2D eigenvalue weighted by Crippen LogP contribution is -2.32. The number of anilines is 1. The second-order valence-electron chi connectivity index (χ2n) is 10.7. The average Bonchev–Trinajstić information content (AvgIpc) is 3.72. The number of hydrogen-bond acceptors (Lipinski definition) is 6. The van der Waals surface area contributed by atoms with Gasteiger partial charge in [0.25, 0.3) is 0 Å². The summed E-state index contributed by atoms with van der Waals surface area (Å²) in [6, 6.07) is 9.19. The highest BCUT2D eigenvalue weighted by molar-refractivity contribution is 6.00. The zero-order valence-electron chi connectivity index (χ0n) is 20.4. The molecule has 2 saturated heterocycles. The lowest BCUT2D eigenvalue weighted by Gasteiger charge is -2.30. The minimum absolute atomic E-state index is 0.0927. The molecule has 1 aliphatic carbocycles. The molecule has 36 heavy (non-hydrogen) atoms. The molecule has 5 heterocycles. The topological polar surface area (TPSA) is 93.0 Å². The highest BCUT2D eigenvalue weighted by Gasteiger charge is 2.46. The summed E-state index contributed by atoms with van der Waals surface area (Å²) in [4.78, 5) is 13.2. The van der Waals surface area contributed by atoms with Crippen molar-refractivity contribution in [2.24, 2.45) is 0 Å². The van der Waals surface area contributed by atoms with E-state index in [1.54, 1.807) is 6.33 Å². The fourth-order valence-electron chi connectivity index (χ4n) is 6.58. The number of ether oxygens (including phenoxy) is 2. The Kier molecular flexibility index (Phi) is 5.23. The fourth-order valence-corrected chi connectivity index (χ4v) is 6.58. The van der Waals surface area contributed by atoms with Crippen LogP contribution in [0, 0.1) is 0 Å². The normalized spacial score (nSPS) is 27.6. The van der Waals surface area contributed by atoms with Crippen molar-refractivity contribution in [2.45, 2.75) is 75.2 Å². The molecule has 4 aromatic rings. The molecule has 2 N–H and O–H groups in total. The smallest absolute Gasteiger partial charge is 0.146 e. The van der Waals surface area contributed by atoms with Gasteiger partial charge in [0.05, 0.1) is 17.8 Å². The molecule has 3 fully saturated rings. The van der Waals surface area contributed by atoms with E-state index in [4.69, 9.17) is 15.2 Å². The summed E-state index contributed by atoms with van der Waals surface area (Å²) >= 11 is 0. The number of benzene rings is 1. The van der Waals surface area contributed by atoms with Crippen molar-refractivity contribution in [3.63, 3.8) is 0 Å². The molecule has 0 unspecified atom stereocenters. The van der Waals surface area contributed by atoms with Crippen LogP contribution in [0.5, 0.6) is 5.75 Å². The molecule has 8 nitrogen and oxygen atoms in total. The maximum atomic E-state index is 6.42. The first-order valence-electron chi connectivity index (χ1n) is 13.2. The first-order valence-corrected chi connectivity index (χ1v) is 13.2. The Morgan fingerprint density at radius 2 is 1.89 bits per heavy atom. The number of imidazole rings is 1. The van der Waals surface area contributed by atoms with Crippen LogP contribution in [0.3, 0.4) is 0 Å². The van der Waals surface area contributed by atoms with E-state index in [9.17, 15) is 0 Å². The van der Waals surface area contributed by atoms with E-state index >= 15 is 0 Å². The van der Waals surface area contributed by atoms with Gasteiger partial charge in [0, 0.05) is 36.2 Å². The van der Waals surface area contributed by atoms with E-state index in [-0.39, 0.29) is 5.60 Å². The standard InChI is InChI=1S/C28H32N6O2/c29-26-25-24(19-2-1-3-23(14-19)35-16-28-10-8-22(36-28)9-11-28)15-34(27(25)32-17-31-26)21-6-4-20(5-7-21)33-13-12-30-18-33/h1-3,12-15,17-18,20-22H,4-11,16H2,(H2,29,31,32). The summed E-state index contributed by atoms with van der Waals surface area (Å²) in [7, 11) is 0. The minimum Gasteiger partial charge on any atom is -0.491 e. The van der Waals surface area contributed by atoms with Gasteiger partial charge in [-0.1, -0.05) is 12.1 Å². The number of aromatic nitrogens is 5. The Hall–Kier alpha value is -3.39. The maximum absolute atomic E-state index is 6.42. The molecule has 0 spiro atoms. The molecular weight excluding hydrogens is 452 g/mol. The van der Waals surface area contributed by atoms with Gasteiger partial charge >= 0.3 is 0 Å². The number of hydrogen-bond donors (Lipinski definition) is 1. The highest BCUT2D eigenvalue weighted by Crippen LogP contribution is 2.44. The Morgan fingerprint density at radius 3 is 2.64 bits per heavy atom. The van der Waals surface area contributed by atoms with E-state index in [2.05, 4.69) is 54.7 Å². The number of fused-ring (bicyclic) bond motifs is 3. The summed E-state index contributed by atoms with van der Waals surface area (Å²) < 4.78 is 17.1. The van der Waals surface area contributed by atoms with Crippen LogP contribution in [0.4, 0.5) is 5.82 Å². The SMILES string of the molecule is Nc1ncnc2c1c(-c1cccc(OCC34CCC(CC3)O4)c1)cn2C1CCC(n2ccnc2)CC1. The number of rotatable bonds is 6. The highest BCUT2D eigenvalue weighted by atomic mass is 16.6. The zero-order valence-corrected chi connectivity index (χ0v) is 20.4. The maximum Gasteiger partial charge on any atom is 0.146 e. The third kappa shape index (κ3) is 3.75. The van der Waals surface area contributed by atoms with Crippen LogP contribution in [0.15, 0.2) is 55.5 Å². The molecular formula is C28H32N6O2. The monoisotopic (exact) mass is 484 g/mol. The predicted octanol–water partition coefficient (Wildman–Crippen LogP) is 5.32. The number of nitrogens with two attached hydrogens (primary N) is 1. The molecule has 0 radical (unpaired) electrons. The summed E-state index contributed by atoms with van der Waals surface area (Å²) in [5.74, 6) is 1.38. The van der Waals surface area contributed by atoms with Gasteiger partial charge in [0.2, 0.25) is 0 Å². The molecule has 186 valence electrons. The largest absolute Gasteiger partial charge is 0.491 e. The van der Waals surface area contributed by atoms with E-state index in [0.29, 0.717) is 30.6 Å². The average molecular weight is 485 g/mol. The van der Waals surface area contributed by atoms with Crippen molar-refractivity contribution in [2.75, 3.05) is 12.3 Å². The number of nitrogen functional groups attached to an aromatic ring is 1. The minimum atomic E-state index is -0.0927. The molecule has 2 bridgehead atoms. The van der Waals surface area contributed by atoms with E-state index in [1.807, 2.05) is 18.6 Å². The molecule has 8 heteroatoms. The summed E-state index contributed by atoms with van der Waals surface area (Å²) in [6.07, 6.45) is 19.0. The van der Waals surface area contributed by atoms with E-state index in [0.717, 1.165) is 79.3 Å². The molecule has 2 aliphatic heterocycles. The molecule has 3 aromatic heterocycles. The van der Waals surface area contributed by atoms with Gasteiger partial charge in [-0.2, -0.15) is 0 Å². The molecule has 1 aromatic carbocycles. The third-order valence-electron chi connectivity index (χ3n) is 8.55. The van der Waals surface area contributed by atoms with Crippen LogP contribution in [-0.2, 0) is 4.74 Å². The fraction of sp³-hybridized carbons (Fsp3) is 0.464. The molecule has 0 amide bonds. The Labute approximate surface area is 210 Å². The second-order valence-corrected chi connectivity index (χ2v) is 10.7. The van der Waals surface area contributed by atoms with Crippen LogP contribution in [0.25, 0.3) is 22.2 Å². The van der Waals surface area contributed by atoms with Crippen LogP contribution in [0.2, 0.25) is 0 Å². The van der Waals surface area contributed by atoms with Crippen molar-refractivity contribution in [3.05, 3.63) is 55.5 Å². The Bertz CT molecular complexity index is 1360. The van der Waals surface area contributed by atoms with Gasteiger partial charge in [0.15, 0.2) is 0 Å². The number of nitrogens with zero attached hydrogens (tertiary/aromatic N) is 5. The van der Waals surface area contributed by atoms with Gasteiger partial charge in [0.1, 0.15) is 35.7 Å². The summed E-state index contributed by atoms with van der Waals surface area (Å²) in [6.45, 7) is 0.611. The van der Waals surface area contributed by atoms with Gasteiger partial charge in [-0.15, -0.1) is 0 Å². The summed E-state index contributed by atoms with van der Waals surface area (Å²) in [5, 5.41) is 0.919. The van der Waals surface area contributed by atoms with Crippen molar-refractivity contribution >= 4 is 16.9 Å². The van der Waals surface area contributed by atoms with Crippen LogP contribution < -0.4 is 10.5 Å². The van der Waals surface area contributed by atoms with Crippen LogP contribution in [0.1, 0.15) is 63.5 Å². The summed E-state index contributed by atoms with van der Waals surface area (Å²) in [5.41, 5.74) is 9.36. The zero-order chi connectivity index (χ0) is 24.1. The predicted molar refractivity (Wildman–Crippen MR) is 138 cm³/mol. The molecule has 1 saturated carbocycles. The van der Waals surface area contributed by atoms with Crippen molar-refractivity contribution in [3.8, 4) is 16.9 Å². The van der Waals surface area contributed by atoms with Gasteiger partial charge < -0.3 is 24.3 Å². The van der Waals surface area contributed by atoms with Gasteiger partial charge in [-0.05, 0) is 69.1 Å².